The smallest absolute Gasteiger partial charge is 0.319 e. The Bertz CT molecular complexity index is 869. The van der Waals surface area contributed by atoms with E-state index in [1.54, 1.807) is 44.4 Å². The molecular weight excluding hydrogens is 372 g/mol. The van der Waals surface area contributed by atoms with Crippen LogP contribution in [0.5, 0.6) is 5.75 Å². The number of ether oxygens (including phenoxy) is 1. The highest BCUT2D eigenvalue weighted by molar-refractivity contribution is 5.96. The number of carbonyl (C=O) groups excluding carboxylic acids is 3. The van der Waals surface area contributed by atoms with Gasteiger partial charge in [-0.3, -0.25) is 9.59 Å². The van der Waals surface area contributed by atoms with Gasteiger partial charge in [-0.2, -0.15) is 0 Å². The second kappa shape index (κ2) is 10.7. The van der Waals surface area contributed by atoms with Gasteiger partial charge in [0.1, 0.15) is 5.75 Å². The molecule has 0 saturated heterocycles. The first kappa shape index (κ1) is 21.7. The van der Waals surface area contributed by atoms with E-state index in [4.69, 9.17) is 4.74 Å². The maximum absolute atomic E-state index is 12.4. The number of nitrogens with one attached hydrogen (secondary N) is 3. The quantitative estimate of drug-likeness (QED) is 0.636. The first-order valence-electron chi connectivity index (χ1n) is 9.24. The molecular formula is C21H26N4O4. The molecule has 0 aliphatic rings. The van der Waals surface area contributed by atoms with E-state index < -0.39 is 6.03 Å². The lowest BCUT2D eigenvalue weighted by molar-refractivity contribution is -0.133. The average molecular weight is 398 g/mol. The summed E-state index contributed by atoms with van der Waals surface area (Å²) in [5.41, 5.74) is 2.23. The van der Waals surface area contributed by atoms with Crippen LogP contribution in [-0.4, -0.2) is 49.5 Å². The third-order valence-electron chi connectivity index (χ3n) is 4.10. The first-order valence-corrected chi connectivity index (χ1v) is 9.24. The molecule has 0 heterocycles. The molecule has 0 radical (unpaired) electrons. The lowest BCUT2D eigenvalue weighted by Gasteiger charge is -2.20. The Labute approximate surface area is 170 Å². The van der Waals surface area contributed by atoms with Crippen molar-refractivity contribution in [1.29, 1.82) is 0 Å². The highest BCUT2D eigenvalue weighted by atomic mass is 16.5. The highest BCUT2D eigenvalue weighted by Gasteiger charge is 2.16. The maximum Gasteiger partial charge on any atom is 0.319 e. The molecule has 0 saturated carbocycles. The zero-order valence-corrected chi connectivity index (χ0v) is 16.8. The van der Waals surface area contributed by atoms with Crippen LogP contribution in [-0.2, 0) is 9.59 Å². The molecule has 0 aliphatic carbocycles. The number of likely N-dealkylation sites (N-methyl/N-ethyl adjacent to an activating group) is 1. The lowest BCUT2D eigenvalue weighted by atomic mass is 10.2. The van der Waals surface area contributed by atoms with E-state index in [0.29, 0.717) is 23.7 Å². The molecule has 2 aromatic rings. The number of hydrogen-bond acceptors (Lipinski definition) is 4. The molecule has 0 aromatic heterocycles. The van der Waals surface area contributed by atoms with Gasteiger partial charge in [-0.15, -0.1) is 0 Å². The first-order chi connectivity index (χ1) is 13.9. The van der Waals surface area contributed by atoms with Crippen molar-refractivity contribution in [2.75, 3.05) is 37.4 Å². The van der Waals surface area contributed by atoms with E-state index in [2.05, 4.69) is 16.0 Å². The number of anilines is 2. The van der Waals surface area contributed by atoms with Crippen molar-refractivity contribution in [3.63, 3.8) is 0 Å². The Morgan fingerprint density at radius 1 is 1.00 bits per heavy atom. The second-order valence-corrected chi connectivity index (χ2v) is 6.37. The molecule has 2 rings (SSSR count). The van der Waals surface area contributed by atoms with Gasteiger partial charge in [-0.25, -0.2) is 4.79 Å². The summed E-state index contributed by atoms with van der Waals surface area (Å²) >= 11 is 0. The third-order valence-corrected chi connectivity index (χ3v) is 4.10. The third kappa shape index (κ3) is 7.17. The van der Waals surface area contributed by atoms with Gasteiger partial charge in [0.05, 0.1) is 20.2 Å². The maximum atomic E-state index is 12.4. The number of urea groups is 1. The van der Waals surface area contributed by atoms with Crippen molar-refractivity contribution in [2.24, 2.45) is 0 Å². The van der Waals surface area contributed by atoms with Crippen LogP contribution in [0.2, 0.25) is 0 Å². The Morgan fingerprint density at radius 2 is 1.69 bits per heavy atom. The molecule has 8 heteroatoms. The van der Waals surface area contributed by atoms with Crippen LogP contribution in [0.25, 0.3) is 0 Å². The largest absolute Gasteiger partial charge is 0.497 e. The molecule has 0 atom stereocenters. The molecule has 4 amide bonds. The van der Waals surface area contributed by atoms with E-state index in [1.807, 2.05) is 25.1 Å². The fraction of sp³-hybridized carbons (Fsp3) is 0.286. The van der Waals surface area contributed by atoms with E-state index in [1.165, 1.54) is 4.90 Å². The summed E-state index contributed by atoms with van der Waals surface area (Å²) in [4.78, 5) is 38.0. The van der Waals surface area contributed by atoms with Gasteiger partial charge < -0.3 is 25.6 Å². The minimum Gasteiger partial charge on any atom is -0.497 e. The van der Waals surface area contributed by atoms with Gasteiger partial charge in [-0.05, 0) is 43.7 Å². The molecule has 0 fully saturated rings. The summed E-state index contributed by atoms with van der Waals surface area (Å²) in [6.07, 6.45) is 0. The second-order valence-electron chi connectivity index (χ2n) is 6.37. The van der Waals surface area contributed by atoms with E-state index in [0.717, 1.165) is 5.56 Å². The number of carbonyl (C=O) groups is 3. The fourth-order valence-corrected chi connectivity index (χ4v) is 2.62. The van der Waals surface area contributed by atoms with Crippen LogP contribution < -0.4 is 20.7 Å². The van der Waals surface area contributed by atoms with Crippen molar-refractivity contribution in [3.05, 3.63) is 54.1 Å². The molecule has 154 valence electrons. The number of nitrogens with zero attached hydrogens (tertiary/aromatic N) is 1. The predicted molar refractivity (Wildman–Crippen MR) is 112 cm³/mol. The van der Waals surface area contributed by atoms with Crippen LogP contribution in [0.4, 0.5) is 16.2 Å². The zero-order chi connectivity index (χ0) is 21.2. The number of methoxy groups -OCH3 is 1. The SMILES string of the molecule is CCN(CC(=O)Nc1cccc(OC)c1)C(=O)CNC(=O)Nc1cccc(C)c1. The van der Waals surface area contributed by atoms with Crippen LogP contribution in [0.1, 0.15) is 12.5 Å². The number of benzene rings is 2. The van der Waals surface area contributed by atoms with Crippen LogP contribution in [0.15, 0.2) is 48.5 Å². The summed E-state index contributed by atoms with van der Waals surface area (Å²) in [5, 5.41) is 7.91. The molecule has 3 N–H and O–H groups in total. The molecule has 0 spiro atoms. The summed E-state index contributed by atoms with van der Waals surface area (Å²) in [7, 11) is 1.54. The number of rotatable bonds is 8. The fourth-order valence-electron chi connectivity index (χ4n) is 2.62. The molecule has 0 aliphatic heterocycles. The summed E-state index contributed by atoms with van der Waals surface area (Å²) < 4.78 is 5.12. The van der Waals surface area contributed by atoms with Gasteiger partial charge in [0, 0.05) is 24.0 Å². The van der Waals surface area contributed by atoms with Gasteiger partial charge in [0.25, 0.3) is 0 Å². The van der Waals surface area contributed by atoms with Crippen LogP contribution in [0.3, 0.4) is 0 Å². The average Bonchev–Trinajstić information content (AvgIpc) is 2.70. The van der Waals surface area contributed by atoms with Crippen molar-refractivity contribution in [3.8, 4) is 5.75 Å². The van der Waals surface area contributed by atoms with Gasteiger partial charge in [0.2, 0.25) is 11.8 Å². The minimum atomic E-state index is -0.485. The van der Waals surface area contributed by atoms with E-state index >= 15 is 0 Å². The number of hydrogen-bond donors (Lipinski definition) is 3. The van der Waals surface area contributed by atoms with Gasteiger partial charge in [0.15, 0.2) is 0 Å². The van der Waals surface area contributed by atoms with E-state index in [-0.39, 0.29) is 24.9 Å². The summed E-state index contributed by atoms with van der Waals surface area (Å²) in [6.45, 7) is 3.70. The molecule has 0 unspecified atom stereocenters. The van der Waals surface area contributed by atoms with Crippen molar-refractivity contribution in [1.82, 2.24) is 10.2 Å². The predicted octanol–water partition coefficient (Wildman–Crippen LogP) is 2.61. The number of amides is 4. The van der Waals surface area contributed by atoms with Gasteiger partial charge >= 0.3 is 6.03 Å². The number of aryl methyl sites for hydroxylation is 1. The van der Waals surface area contributed by atoms with Crippen molar-refractivity contribution < 1.29 is 19.1 Å². The topological polar surface area (TPSA) is 99.8 Å². The molecule has 2 aromatic carbocycles. The lowest BCUT2D eigenvalue weighted by Crippen LogP contribution is -2.44. The summed E-state index contributed by atoms with van der Waals surface area (Å²) in [5.74, 6) is -0.0691. The monoisotopic (exact) mass is 398 g/mol. The Morgan fingerprint density at radius 3 is 2.34 bits per heavy atom. The normalized spacial score (nSPS) is 10.0. The van der Waals surface area contributed by atoms with Crippen molar-refractivity contribution in [2.45, 2.75) is 13.8 Å². The zero-order valence-electron chi connectivity index (χ0n) is 16.8. The van der Waals surface area contributed by atoms with Gasteiger partial charge in [-0.1, -0.05) is 18.2 Å². The Hall–Kier alpha value is -3.55. The standard InChI is InChI=1S/C21H26N4O4/c1-4-25(14-19(26)23-17-9-6-10-18(12-17)29-3)20(27)13-22-21(28)24-16-8-5-7-15(2)11-16/h5-12H,4,13-14H2,1-3H3,(H,23,26)(H2,22,24,28). The van der Waals surface area contributed by atoms with Crippen molar-refractivity contribution >= 4 is 29.2 Å². The Balaban J connectivity index is 1.82. The molecule has 29 heavy (non-hydrogen) atoms. The van der Waals surface area contributed by atoms with Crippen LogP contribution >= 0.6 is 0 Å². The Kier molecular flexibility index (Phi) is 8.02. The molecule has 8 nitrogen and oxygen atoms in total. The van der Waals surface area contributed by atoms with E-state index in [9.17, 15) is 14.4 Å². The summed E-state index contributed by atoms with van der Waals surface area (Å²) in [6, 6.07) is 13.8. The highest BCUT2D eigenvalue weighted by Crippen LogP contribution is 2.16. The molecule has 0 bridgehead atoms. The van der Waals surface area contributed by atoms with Crippen LogP contribution in [0, 0.1) is 6.92 Å². The minimum absolute atomic E-state index is 0.117.